The van der Waals surface area contributed by atoms with Crippen molar-refractivity contribution in [2.75, 3.05) is 19.7 Å². The fourth-order valence-corrected chi connectivity index (χ4v) is 2.82. The number of morpholine rings is 1. The SMILES string of the molecule is Cc1nc(C[C@@H]2CNCCO2)n(-c2ccc(Cl)cc2C)n1. The van der Waals surface area contributed by atoms with Gasteiger partial charge >= 0.3 is 0 Å². The molecule has 112 valence electrons. The fraction of sp³-hybridized carbons (Fsp3) is 0.467. The summed E-state index contributed by atoms with van der Waals surface area (Å²) >= 11 is 6.03. The summed E-state index contributed by atoms with van der Waals surface area (Å²) in [6.07, 6.45) is 0.893. The van der Waals surface area contributed by atoms with Gasteiger partial charge in [0.2, 0.25) is 0 Å². The number of ether oxygens (including phenoxy) is 1. The molecule has 2 aromatic rings. The molecule has 1 aromatic carbocycles. The first-order chi connectivity index (χ1) is 10.1. The normalized spacial score (nSPS) is 18.9. The Bertz CT molecular complexity index is 635. The van der Waals surface area contributed by atoms with Crippen molar-refractivity contribution in [2.45, 2.75) is 26.4 Å². The third kappa shape index (κ3) is 3.26. The highest BCUT2D eigenvalue weighted by atomic mass is 35.5. The van der Waals surface area contributed by atoms with Crippen LogP contribution in [0.1, 0.15) is 17.2 Å². The summed E-state index contributed by atoms with van der Waals surface area (Å²) in [5, 5.41) is 8.59. The third-order valence-corrected chi connectivity index (χ3v) is 3.82. The minimum atomic E-state index is 0.147. The van der Waals surface area contributed by atoms with Crippen LogP contribution in [0, 0.1) is 13.8 Å². The number of hydrogen-bond acceptors (Lipinski definition) is 4. The molecule has 21 heavy (non-hydrogen) atoms. The summed E-state index contributed by atoms with van der Waals surface area (Å²) in [5.74, 6) is 1.69. The van der Waals surface area contributed by atoms with Gasteiger partial charge in [0, 0.05) is 24.5 Å². The molecule has 1 atom stereocenters. The van der Waals surface area contributed by atoms with Crippen LogP contribution in [0.15, 0.2) is 18.2 Å². The smallest absolute Gasteiger partial charge is 0.148 e. The fourth-order valence-electron chi connectivity index (χ4n) is 2.59. The van der Waals surface area contributed by atoms with Crippen LogP contribution in [0.4, 0.5) is 0 Å². The molecule has 2 heterocycles. The number of benzene rings is 1. The number of aryl methyl sites for hydroxylation is 2. The number of rotatable bonds is 3. The molecular weight excluding hydrogens is 288 g/mol. The molecule has 1 aromatic heterocycles. The van der Waals surface area contributed by atoms with Crippen LogP contribution in [0.25, 0.3) is 5.69 Å². The van der Waals surface area contributed by atoms with Gasteiger partial charge in [0.1, 0.15) is 11.6 Å². The molecule has 0 bridgehead atoms. The van der Waals surface area contributed by atoms with Crippen molar-refractivity contribution in [1.29, 1.82) is 0 Å². The highest BCUT2D eigenvalue weighted by Crippen LogP contribution is 2.20. The van der Waals surface area contributed by atoms with Crippen molar-refractivity contribution in [1.82, 2.24) is 20.1 Å². The molecule has 0 aliphatic carbocycles. The van der Waals surface area contributed by atoms with E-state index in [0.717, 1.165) is 54.0 Å². The second-order valence-corrected chi connectivity index (χ2v) is 5.76. The monoisotopic (exact) mass is 306 g/mol. The topological polar surface area (TPSA) is 52.0 Å². The van der Waals surface area contributed by atoms with Gasteiger partial charge < -0.3 is 10.1 Å². The summed E-state index contributed by atoms with van der Waals surface area (Å²) in [6.45, 7) is 6.45. The maximum Gasteiger partial charge on any atom is 0.148 e. The molecule has 1 fully saturated rings. The van der Waals surface area contributed by atoms with Crippen LogP contribution >= 0.6 is 11.6 Å². The van der Waals surface area contributed by atoms with Crippen molar-refractivity contribution >= 4 is 11.6 Å². The Hall–Kier alpha value is -1.43. The summed E-state index contributed by atoms with van der Waals surface area (Å²) in [4.78, 5) is 4.56. The van der Waals surface area contributed by atoms with Crippen molar-refractivity contribution in [3.8, 4) is 5.69 Å². The number of halogens is 1. The second kappa shape index (κ2) is 6.13. The van der Waals surface area contributed by atoms with Gasteiger partial charge in [0.15, 0.2) is 0 Å². The van der Waals surface area contributed by atoms with Crippen LogP contribution in [-0.2, 0) is 11.2 Å². The average Bonchev–Trinajstić information content (AvgIpc) is 2.80. The maximum atomic E-state index is 6.03. The Labute approximate surface area is 129 Å². The Kier molecular flexibility index (Phi) is 4.24. The van der Waals surface area contributed by atoms with Crippen LogP contribution in [0.2, 0.25) is 5.02 Å². The molecule has 0 spiro atoms. The molecule has 1 N–H and O–H groups in total. The van der Waals surface area contributed by atoms with E-state index < -0.39 is 0 Å². The van der Waals surface area contributed by atoms with E-state index in [1.807, 2.05) is 36.7 Å². The zero-order valence-corrected chi connectivity index (χ0v) is 13.0. The third-order valence-electron chi connectivity index (χ3n) is 3.58. The largest absolute Gasteiger partial charge is 0.375 e. The van der Waals surface area contributed by atoms with Crippen molar-refractivity contribution < 1.29 is 4.74 Å². The molecule has 0 unspecified atom stereocenters. The lowest BCUT2D eigenvalue weighted by atomic mass is 10.2. The minimum Gasteiger partial charge on any atom is -0.375 e. The lowest BCUT2D eigenvalue weighted by Gasteiger charge is -2.23. The Morgan fingerprint density at radius 2 is 2.29 bits per heavy atom. The molecule has 3 rings (SSSR count). The predicted octanol–water partition coefficient (Wildman–Crippen LogP) is 2.07. The standard InChI is InChI=1S/C15H19ClN4O/c1-10-7-12(16)3-4-14(10)20-15(18-11(2)19-20)8-13-9-17-5-6-21-13/h3-4,7,13,17H,5-6,8-9H2,1-2H3/t13-/m1/s1. The first-order valence-corrected chi connectivity index (χ1v) is 7.52. The number of nitrogens with one attached hydrogen (secondary N) is 1. The molecule has 0 radical (unpaired) electrons. The van der Waals surface area contributed by atoms with E-state index in [9.17, 15) is 0 Å². The molecule has 0 amide bonds. The van der Waals surface area contributed by atoms with Gasteiger partial charge in [0.25, 0.3) is 0 Å². The van der Waals surface area contributed by atoms with Crippen LogP contribution < -0.4 is 5.32 Å². The van der Waals surface area contributed by atoms with Crippen molar-refractivity contribution in [3.63, 3.8) is 0 Å². The van der Waals surface area contributed by atoms with Gasteiger partial charge in [-0.2, -0.15) is 5.10 Å². The van der Waals surface area contributed by atoms with Crippen molar-refractivity contribution in [3.05, 3.63) is 40.4 Å². The van der Waals surface area contributed by atoms with E-state index in [2.05, 4.69) is 15.4 Å². The van der Waals surface area contributed by atoms with Gasteiger partial charge in [-0.1, -0.05) is 11.6 Å². The van der Waals surface area contributed by atoms with Crippen molar-refractivity contribution in [2.24, 2.45) is 0 Å². The molecule has 0 saturated carbocycles. The summed E-state index contributed by atoms with van der Waals surface area (Å²) in [5.41, 5.74) is 2.09. The van der Waals surface area contributed by atoms with E-state index in [1.165, 1.54) is 0 Å². The first kappa shape index (κ1) is 14.5. The van der Waals surface area contributed by atoms with E-state index in [1.54, 1.807) is 0 Å². The van der Waals surface area contributed by atoms with Crippen LogP contribution in [0.5, 0.6) is 0 Å². The van der Waals surface area contributed by atoms with Gasteiger partial charge in [-0.3, -0.25) is 0 Å². The zero-order chi connectivity index (χ0) is 14.8. The first-order valence-electron chi connectivity index (χ1n) is 7.15. The predicted molar refractivity (Wildman–Crippen MR) is 82.2 cm³/mol. The average molecular weight is 307 g/mol. The Balaban J connectivity index is 1.91. The molecule has 6 heteroatoms. The van der Waals surface area contributed by atoms with E-state index in [4.69, 9.17) is 16.3 Å². The second-order valence-electron chi connectivity index (χ2n) is 5.32. The zero-order valence-electron chi connectivity index (χ0n) is 12.3. The molecule has 5 nitrogen and oxygen atoms in total. The molecule has 1 aliphatic rings. The van der Waals surface area contributed by atoms with Gasteiger partial charge in [-0.05, 0) is 37.6 Å². The van der Waals surface area contributed by atoms with Gasteiger partial charge in [-0.15, -0.1) is 0 Å². The van der Waals surface area contributed by atoms with Gasteiger partial charge in [0.05, 0.1) is 18.4 Å². The summed E-state index contributed by atoms with van der Waals surface area (Å²) in [6, 6.07) is 5.80. The van der Waals surface area contributed by atoms with Crippen LogP contribution in [-0.4, -0.2) is 40.6 Å². The lowest BCUT2D eigenvalue weighted by molar-refractivity contribution is 0.0277. The highest BCUT2D eigenvalue weighted by Gasteiger charge is 2.19. The Morgan fingerprint density at radius 3 is 3.00 bits per heavy atom. The summed E-state index contributed by atoms with van der Waals surface area (Å²) in [7, 11) is 0. The highest BCUT2D eigenvalue weighted by molar-refractivity contribution is 6.30. The summed E-state index contributed by atoms with van der Waals surface area (Å²) < 4.78 is 7.67. The van der Waals surface area contributed by atoms with E-state index >= 15 is 0 Å². The minimum absolute atomic E-state index is 0.147. The number of nitrogens with zero attached hydrogens (tertiary/aromatic N) is 3. The maximum absolute atomic E-state index is 6.03. The number of aromatic nitrogens is 3. The molecule has 1 aliphatic heterocycles. The quantitative estimate of drug-likeness (QED) is 0.943. The van der Waals surface area contributed by atoms with E-state index in [0.29, 0.717) is 0 Å². The van der Waals surface area contributed by atoms with E-state index in [-0.39, 0.29) is 6.10 Å². The van der Waals surface area contributed by atoms with Gasteiger partial charge in [-0.25, -0.2) is 9.67 Å². The number of hydrogen-bond donors (Lipinski definition) is 1. The lowest BCUT2D eigenvalue weighted by Crippen LogP contribution is -2.40. The molecule has 1 saturated heterocycles. The molecular formula is C15H19ClN4O. The van der Waals surface area contributed by atoms with Crippen LogP contribution in [0.3, 0.4) is 0 Å². The Morgan fingerprint density at radius 1 is 1.43 bits per heavy atom.